The first kappa shape index (κ1) is 17.9. The Morgan fingerprint density at radius 3 is 2.86 bits per heavy atom. The molecule has 0 spiro atoms. The van der Waals surface area contributed by atoms with Crippen molar-refractivity contribution in [3.05, 3.63) is 23.8 Å². The minimum absolute atomic E-state index is 0. The second kappa shape index (κ2) is 8.99. The van der Waals surface area contributed by atoms with Gasteiger partial charge in [0.05, 0.1) is 0 Å². The van der Waals surface area contributed by atoms with Crippen LogP contribution in [0.1, 0.15) is 25.3 Å². The summed E-state index contributed by atoms with van der Waals surface area (Å²) in [5.74, 6) is 1.88. The third-order valence-electron chi connectivity index (χ3n) is 2.93. The minimum atomic E-state index is -0.136. The van der Waals surface area contributed by atoms with E-state index in [-0.39, 0.29) is 25.2 Å². The highest BCUT2D eigenvalue weighted by atomic mass is 35.5. The Bertz CT molecular complexity index is 536. The molecule has 0 amide bonds. The number of hydrogen-bond acceptors (Lipinski definition) is 4. The third-order valence-corrected chi connectivity index (χ3v) is 2.93. The fourth-order valence-electron chi connectivity index (χ4n) is 1.85. The molecule has 5 N–H and O–H groups in total. The van der Waals surface area contributed by atoms with Gasteiger partial charge in [-0.25, -0.2) is 0 Å². The highest BCUT2D eigenvalue weighted by molar-refractivity contribution is 5.96. The standard InChI is InChI=1S/C14H21N5O2.ClH/c1-2-3-6-17-14(19-13(15)16)18-8-10-4-5-11-12(7-10)21-9-20-11;/h4-5,7H,2-3,6,8-9H2,1H3,(H5,15,16,17,18,19);1H. The van der Waals surface area contributed by atoms with Gasteiger partial charge in [0.25, 0.3) is 0 Å². The number of nitrogens with zero attached hydrogens (tertiary/aromatic N) is 1. The average Bonchev–Trinajstić information content (AvgIpc) is 2.91. The van der Waals surface area contributed by atoms with Gasteiger partial charge in [-0.15, -0.1) is 12.4 Å². The number of hydrogen-bond donors (Lipinski definition) is 4. The molecule has 0 unspecified atom stereocenters. The summed E-state index contributed by atoms with van der Waals surface area (Å²) in [6.07, 6.45) is 2.06. The summed E-state index contributed by atoms with van der Waals surface area (Å²) in [5.41, 5.74) is 6.39. The highest BCUT2D eigenvalue weighted by Crippen LogP contribution is 2.32. The van der Waals surface area contributed by atoms with Crippen molar-refractivity contribution in [3.8, 4) is 11.5 Å². The van der Waals surface area contributed by atoms with Gasteiger partial charge in [-0.3, -0.25) is 15.7 Å². The van der Waals surface area contributed by atoms with Crippen LogP contribution >= 0.6 is 12.4 Å². The predicted molar refractivity (Wildman–Crippen MR) is 88.9 cm³/mol. The summed E-state index contributed by atoms with van der Waals surface area (Å²) < 4.78 is 10.6. The van der Waals surface area contributed by atoms with E-state index in [1.165, 1.54) is 0 Å². The lowest BCUT2D eigenvalue weighted by Gasteiger charge is -2.11. The quantitative estimate of drug-likeness (QED) is 0.373. The van der Waals surface area contributed by atoms with Gasteiger partial charge < -0.3 is 20.5 Å². The molecule has 1 aliphatic heterocycles. The van der Waals surface area contributed by atoms with E-state index < -0.39 is 0 Å². The van der Waals surface area contributed by atoms with Gasteiger partial charge >= 0.3 is 0 Å². The fraction of sp³-hybridized carbons (Fsp3) is 0.429. The van der Waals surface area contributed by atoms with Crippen LogP contribution in [-0.4, -0.2) is 25.3 Å². The molecule has 0 fully saturated rings. The topological polar surface area (TPSA) is 105 Å². The monoisotopic (exact) mass is 327 g/mol. The molecule has 1 aliphatic rings. The van der Waals surface area contributed by atoms with Gasteiger partial charge in [0, 0.05) is 13.1 Å². The third kappa shape index (κ3) is 5.33. The van der Waals surface area contributed by atoms with Crippen molar-refractivity contribution in [1.29, 1.82) is 5.41 Å². The summed E-state index contributed by atoms with van der Waals surface area (Å²) in [4.78, 5) is 4.36. The molecule has 0 aliphatic carbocycles. The molecule has 0 saturated heterocycles. The molecule has 22 heavy (non-hydrogen) atoms. The molecular weight excluding hydrogens is 306 g/mol. The zero-order chi connectivity index (χ0) is 15.1. The van der Waals surface area contributed by atoms with Crippen molar-refractivity contribution in [2.24, 2.45) is 10.7 Å². The van der Waals surface area contributed by atoms with Gasteiger partial charge in [0.1, 0.15) is 0 Å². The highest BCUT2D eigenvalue weighted by Gasteiger charge is 2.13. The lowest BCUT2D eigenvalue weighted by atomic mass is 10.2. The maximum atomic E-state index is 7.30. The van der Waals surface area contributed by atoms with Crippen LogP contribution in [0.4, 0.5) is 0 Å². The Labute approximate surface area is 136 Å². The molecule has 0 aromatic heterocycles. The van der Waals surface area contributed by atoms with Crippen LogP contribution in [0.3, 0.4) is 0 Å². The van der Waals surface area contributed by atoms with Crippen molar-refractivity contribution in [2.45, 2.75) is 26.3 Å². The molecule has 7 nitrogen and oxygen atoms in total. The Kier molecular flexibility index (Phi) is 7.31. The SMILES string of the molecule is CCCCN=C(NCc1ccc2c(c1)OCO2)NC(=N)N.Cl. The summed E-state index contributed by atoms with van der Waals surface area (Å²) in [5, 5.41) is 13.1. The second-order valence-corrected chi connectivity index (χ2v) is 4.66. The predicted octanol–water partition coefficient (Wildman–Crippen LogP) is 1.57. The van der Waals surface area contributed by atoms with E-state index in [2.05, 4.69) is 22.5 Å². The number of nitrogens with one attached hydrogen (secondary N) is 3. The Balaban J connectivity index is 0.00000242. The number of unbranched alkanes of at least 4 members (excludes halogenated alkanes) is 1. The molecule has 0 atom stereocenters. The number of halogens is 1. The maximum Gasteiger partial charge on any atom is 0.231 e. The van der Waals surface area contributed by atoms with E-state index in [0.717, 1.165) is 29.9 Å². The first-order valence-corrected chi connectivity index (χ1v) is 6.97. The van der Waals surface area contributed by atoms with Crippen LogP contribution in [0.2, 0.25) is 0 Å². The zero-order valence-corrected chi connectivity index (χ0v) is 13.3. The molecule has 1 aromatic carbocycles. The Morgan fingerprint density at radius 2 is 2.14 bits per heavy atom. The lowest BCUT2D eigenvalue weighted by Crippen LogP contribution is -2.43. The van der Waals surface area contributed by atoms with Crippen molar-refractivity contribution < 1.29 is 9.47 Å². The molecular formula is C14H22ClN5O2. The van der Waals surface area contributed by atoms with E-state index in [1.807, 2.05) is 18.2 Å². The summed E-state index contributed by atoms with van der Waals surface area (Å²) >= 11 is 0. The average molecular weight is 328 g/mol. The lowest BCUT2D eigenvalue weighted by molar-refractivity contribution is 0.174. The molecule has 122 valence electrons. The second-order valence-electron chi connectivity index (χ2n) is 4.66. The van der Waals surface area contributed by atoms with Crippen LogP contribution in [0.15, 0.2) is 23.2 Å². The summed E-state index contributed by atoms with van der Waals surface area (Å²) in [7, 11) is 0. The van der Waals surface area contributed by atoms with Gasteiger partial charge in [0.2, 0.25) is 6.79 Å². The van der Waals surface area contributed by atoms with E-state index in [0.29, 0.717) is 19.0 Å². The molecule has 1 aromatic rings. The van der Waals surface area contributed by atoms with Crippen LogP contribution in [-0.2, 0) is 6.54 Å². The number of benzene rings is 1. The minimum Gasteiger partial charge on any atom is -0.454 e. The first-order valence-electron chi connectivity index (χ1n) is 6.97. The number of rotatable bonds is 5. The molecule has 0 bridgehead atoms. The molecule has 8 heteroatoms. The summed E-state index contributed by atoms with van der Waals surface area (Å²) in [6, 6.07) is 5.76. The van der Waals surface area contributed by atoms with Crippen molar-refractivity contribution in [3.63, 3.8) is 0 Å². The zero-order valence-electron chi connectivity index (χ0n) is 12.5. The molecule has 2 rings (SSSR count). The Hall–Kier alpha value is -2.15. The number of guanidine groups is 2. The molecule has 0 saturated carbocycles. The van der Waals surface area contributed by atoms with Crippen LogP contribution in [0.5, 0.6) is 11.5 Å². The first-order chi connectivity index (χ1) is 10.2. The van der Waals surface area contributed by atoms with Crippen molar-refractivity contribution >= 4 is 24.3 Å². The number of ether oxygens (including phenoxy) is 2. The summed E-state index contributed by atoms with van der Waals surface area (Å²) in [6.45, 7) is 3.62. The number of aliphatic imine (C=N–C) groups is 1. The molecule has 0 radical (unpaired) electrons. The molecule has 1 heterocycles. The maximum absolute atomic E-state index is 7.30. The smallest absolute Gasteiger partial charge is 0.231 e. The van der Waals surface area contributed by atoms with Crippen LogP contribution in [0.25, 0.3) is 0 Å². The van der Waals surface area contributed by atoms with Gasteiger partial charge in [-0.05, 0) is 24.1 Å². The van der Waals surface area contributed by atoms with E-state index in [9.17, 15) is 0 Å². The van der Waals surface area contributed by atoms with E-state index in [4.69, 9.17) is 20.6 Å². The van der Waals surface area contributed by atoms with Crippen molar-refractivity contribution in [2.75, 3.05) is 13.3 Å². The largest absolute Gasteiger partial charge is 0.454 e. The normalized spacial score (nSPS) is 12.5. The van der Waals surface area contributed by atoms with Crippen LogP contribution in [0, 0.1) is 5.41 Å². The van der Waals surface area contributed by atoms with Gasteiger partial charge in [-0.2, -0.15) is 0 Å². The van der Waals surface area contributed by atoms with Crippen molar-refractivity contribution in [1.82, 2.24) is 10.6 Å². The number of nitrogens with two attached hydrogens (primary N) is 1. The van der Waals surface area contributed by atoms with E-state index in [1.54, 1.807) is 0 Å². The van der Waals surface area contributed by atoms with E-state index >= 15 is 0 Å². The van der Waals surface area contributed by atoms with Gasteiger partial charge in [0.15, 0.2) is 23.4 Å². The van der Waals surface area contributed by atoms with Gasteiger partial charge in [-0.1, -0.05) is 19.4 Å². The fourth-order valence-corrected chi connectivity index (χ4v) is 1.85. The Morgan fingerprint density at radius 1 is 1.36 bits per heavy atom. The van der Waals surface area contributed by atoms with Crippen LogP contribution < -0.4 is 25.8 Å². The number of fused-ring (bicyclic) bond motifs is 1.